The molecule has 0 unspecified atom stereocenters. The maximum Gasteiger partial charge on any atom is 0.122 e. The lowest BCUT2D eigenvalue weighted by molar-refractivity contribution is 0.410. The largest absolute Gasteiger partial charge is 0.496 e. The molecule has 0 amide bonds. The van der Waals surface area contributed by atoms with E-state index in [9.17, 15) is 0 Å². The van der Waals surface area contributed by atoms with Gasteiger partial charge in [0.15, 0.2) is 0 Å². The van der Waals surface area contributed by atoms with Crippen LogP contribution in [0.1, 0.15) is 25.3 Å². The second-order valence-corrected chi connectivity index (χ2v) is 4.03. The van der Waals surface area contributed by atoms with Crippen LogP contribution in [0.2, 0.25) is 0 Å². The highest BCUT2D eigenvalue weighted by Crippen LogP contribution is 2.24. The van der Waals surface area contributed by atoms with Gasteiger partial charge in [0.1, 0.15) is 5.75 Å². The van der Waals surface area contributed by atoms with Gasteiger partial charge >= 0.3 is 0 Å². The fourth-order valence-corrected chi connectivity index (χ4v) is 1.80. The van der Waals surface area contributed by atoms with E-state index in [0.29, 0.717) is 6.42 Å². The number of hydrogen-bond acceptors (Lipinski definition) is 3. The molecule has 3 heteroatoms. The molecule has 0 radical (unpaired) electrons. The van der Waals surface area contributed by atoms with Crippen molar-refractivity contribution in [3.63, 3.8) is 0 Å². The van der Waals surface area contributed by atoms with Crippen LogP contribution in [-0.4, -0.2) is 20.7 Å². The average Bonchev–Trinajstić information content (AvgIpc) is 2.38. The van der Waals surface area contributed by atoms with Gasteiger partial charge in [-0.1, -0.05) is 6.92 Å². The van der Waals surface area contributed by atoms with Crippen molar-refractivity contribution in [2.24, 2.45) is 0 Å². The van der Waals surface area contributed by atoms with Gasteiger partial charge in [-0.3, -0.25) is 0 Å². The van der Waals surface area contributed by atoms with Crippen molar-refractivity contribution in [1.82, 2.24) is 0 Å². The van der Waals surface area contributed by atoms with Crippen molar-refractivity contribution in [1.29, 1.82) is 5.26 Å². The third-order valence-electron chi connectivity index (χ3n) is 2.87. The predicted octanol–water partition coefficient (Wildman–Crippen LogP) is 3.00. The Kier molecular flexibility index (Phi) is 5.35. The third kappa shape index (κ3) is 3.67. The highest BCUT2D eigenvalue weighted by Gasteiger charge is 2.05. The SMILES string of the molecule is CCc1cc(N(C)CCCC#N)ccc1OC. The van der Waals surface area contributed by atoms with E-state index in [0.717, 1.165) is 25.1 Å². The molecule has 1 rings (SSSR count). The molecule has 0 aliphatic heterocycles. The summed E-state index contributed by atoms with van der Waals surface area (Å²) >= 11 is 0. The van der Waals surface area contributed by atoms with Crippen molar-refractivity contribution in [3.05, 3.63) is 23.8 Å². The summed E-state index contributed by atoms with van der Waals surface area (Å²) in [5.74, 6) is 0.946. The zero-order chi connectivity index (χ0) is 12.7. The summed E-state index contributed by atoms with van der Waals surface area (Å²) in [6, 6.07) is 8.40. The molecule has 92 valence electrons. The summed E-state index contributed by atoms with van der Waals surface area (Å²) in [6.45, 7) is 3.03. The Morgan fingerprint density at radius 2 is 2.18 bits per heavy atom. The summed E-state index contributed by atoms with van der Waals surface area (Å²) in [5.41, 5.74) is 2.40. The van der Waals surface area contributed by atoms with Crippen LogP contribution in [0.15, 0.2) is 18.2 Å². The van der Waals surface area contributed by atoms with Crippen LogP contribution in [0.5, 0.6) is 5.75 Å². The smallest absolute Gasteiger partial charge is 0.122 e. The second-order valence-electron chi connectivity index (χ2n) is 4.03. The third-order valence-corrected chi connectivity index (χ3v) is 2.87. The Balaban J connectivity index is 2.74. The number of benzene rings is 1. The van der Waals surface area contributed by atoms with Crippen LogP contribution >= 0.6 is 0 Å². The fraction of sp³-hybridized carbons (Fsp3) is 0.500. The molecule has 3 nitrogen and oxygen atoms in total. The average molecular weight is 232 g/mol. The molecule has 0 aliphatic carbocycles. The number of nitriles is 1. The number of methoxy groups -OCH3 is 1. The number of aryl methyl sites for hydroxylation is 1. The first-order chi connectivity index (χ1) is 8.22. The number of unbranched alkanes of at least 4 members (excludes halogenated alkanes) is 1. The summed E-state index contributed by atoms with van der Waals surface area (Å²) in [5, 5.41) is 8.52. The van der Waals surface area contributed by atoms with Crippen LogP contribution in [0.25, 0.3) is 0 Å². The molecule has 0 saturated carbocycles. The zero-order valence-electron chi connectivity index (χ0n) is 10.9. The number of rotatable bonds is 6. The minimum absolute atomic E-state index is 0.612. The van der Waals surface area contributed by atoms with Crippen molar-refractivity contribution < 1.29 is 4.74 Å². The van der Waals surface area contributed by atoms with Gasteiger partial charge in [-0.2, -0.15) is 5.26 Å². The van der Waals surface area contributed by atoms with E-state index in [1.54, 1.807) is 7.11 Å². The number of hydrogen-bond donors (Lipinski definition) is 0. The summed E-state index contributed by atoms with van der Waals surface area (Å²) < 4.78 is 5.31. The van der Waals surface area contributed by atoms with E-state index in [2.05, 4.69) is 37.1 Å². The van der Waals surface area contributed by atoms with Crippen molar-refractivity contribution in [3.8, 4) is 11.8 Å². The quantitative estimate of drug-likeness (QED) is 0.707. The maximum absolute atomic E-state index is 8.52. The van der Waals surface area contributed by atoms with Gasteiger partial charge in [0, 0.05) is 25.7 Å². The van der Waals surface area contributed by atoms with Crippen LogP contribution in [0.4, 0.5) is 5.69 Å². The van der Waals surface area contributed by atoms with Crippen molar-refractivity contribution >= 4 is 5.69 Å². The minimum atomic E-state index is 0.612. The van der Waals surface area contributed by atoms with Gasteiger partial charge in [0.2, 0.25) is 0 Å². The van der Waals surface area contributed by atoms with E-state index in [-0.39, 0.29) is 0 Å². The summed E-state index contributed by atoms with van der Waals surface area (Å²) in [6.07, 6.45) is 2.48. The summed E-state index contributed by atoms with van der Waals surface area (Å²) in [4.78, 5) is 2.18. The van der Waals surface area contributed by atoms with Gasteiger partial charge in [-0.05, 0) is 36.6 Å². The first-order valence-corrected chi connectivity index (χ1v) is 5.98. The number of nitrogens with zero attached hydrogens (tertiary/aromatic N) is 2. The monoisotopic (exact) mass is 232 g/mol. The maximum atomic E-state index is 8.52. The van der Waals surface area contributed by atoms with Gasteiger partial charge in [-0.15, -0.1) is 0 Å². The molecular weight excluding hydrogens is 212 g/mol. The first-order valence-electron chi connectivity index (χ1n) is 5.98. The lowest BCUT2D eigenvalue weighted by atomic mass is 10.1. The van der Waals surface area contributed by atoms with Crippen LogP contribution in [0, 0.1) is 11.3 Å². The van der Waals surface area contributed by atoms with Gasteiger partial charge < -0.3 is 9.64 Å². The molecule has 0 N–H and O–H groups in total. The normalized spacial score (nSPS) is 9.76. The molecule has 0 atom stereocenters. The topological polar surface area (TPSA) is 36.3 Å². The minimum Gasteiger partial charge on any atom is -0.496 e. The van der Waals surface area contributed by atoms with Crippen molar-refractivity contribution in [2.45, 2.75) is 26.2 Å². The number of anilines is 1. The lowest BCUT2D eigenvalue weighted by Crippen LogP contribution is -2.18. The molecule has 0 aromatic heterocycles. The Morgan fingerprint density at radius 1 is 1.41 bits per heavy atom. The molecule has 17 heavy (non-hydrogen) atoms. The molecular formula is C14H20N2O. The molecule has 0 fully saturated rings. The molecule has 0 heterocycles. The van der Waals surface area contributed by atoms with E-state index in [1.807, 2.05) is 6.07 Å². The van der Waals surface area contributed by atoms with Crippen molar-refractivity contribution in [2.75, 3.05) is 25.6 Å². The summed E-state index contributed by atoms with van der Waals surface area (Å²) in [7, 11) is 3.75. The standard InChI is InChI=1S/C14H20N2O/c1-4-12-11-13(7-8-14(12)17-3)16(2)10-6-5-9-15/h7-8,11H,4-6,10H2,1-3H3. The fourth-order valence-electron chi connectivity index (χ4n) is 1.80. The van der Waals surface area contributed by atoms with E-state index in [1.165, 1.54) is 11.3 Å². The van der Waals surface area contributed by atoms with E-state index >= 15 is 0 Å². The van der Waals surface area contributed by atoms with Gasteiger partial charge in [-0.25, -0.2) is 0 Å². The molecule has 1 aromatic carbocycles. The molecule has 0 aliphatic rings. The predicted molar refractivity (Wildman–Crippen MR) is 70.5 cm³/mol. The molecule has 0 spiro atoms. The van der Waals surface area contributed by atoms with Gasteiger partial charge in [0.25, 0.3) is 0 Å². The molecule has 0 saturated heterocycles. The highest BCUT2D eigenvalue weighted by atomic mass is 16.5. The Labute approximate surface area is 104 Å². The van der Waals surface area contributed by atoms with E-state index in [4.69, 9.17) is 10.00 Å². The second kappa shape index (κ2) is 6.80. The van der Waals surface area contributed by atoms with Crippen LogP contribution in [-0.2, 0) is 6.42 Å². The highest BCUT2D eigenvalue weighted by molar-refractivity contribution is 5.52. The van der Waals surface area contributed by atoms with Crippen LogP contribution < -0.4 is 9.64 Å². The first kappa shape index (κ1) is 13.4. The zero-order valence-corrected chi connectivity index (χ0v) is 10.9. The Hall–Kier alpha value is -1.69. The molecule has 0 bridgehead atoms. The van der Waals surface area contributed by atoms with Crippen LogP contribution in [0.3, 0.4) is 0 Å². The molecule has 1 aromatic rings. The van der Waals surface area contributed by atoms with Gasteiger partial charge in [0.05, 0.1) is 13.2 Å². The lowest BCUT2D eigenvalue weighted by Gasteiger charge is -2.20. The van der Waals surface area contributed by atoms with E-state index < -0.39 is 0 Å². The Bertz CT molecular complexity index is 396. The Morgan fingerprint density at radius 3 is 2.76 bits per heavy atom. The number of ether oxygens (including phenoxy) is 1.